The molecule has 0 aliphatic carbocycles. The van der Waals surface area contributed by atoms with Crippen molar-refractivity contribution in [2.24, 2.45) is 0 Å². The van der Waals surface area contributed by atoms with Gasteiger partial charge in [-0.2, -0.15) is 0 Å². The van der Waals surface area contributed by atoms with Gasteiger partial charge in [-0.15, -0.1) is 0 Å². The molecule has 0 saturated carbocycles. The Hall–Kier alpha value is -2.01. The number of nitrogens with one attached hydrogen (secondary N) is 1. The Balaban J connectivity index is 3.60. The van der Waals surface area contributed by atoms with Gasteiger partial charge in [0.05, 0.1) is 0 Å². The molecule has 114 valence electrons. The zero-order valence-electron chi connectivity index (χ0n) is 13.3. The van der Waals surface area contributed by atoms with Crippen molar-refractivity contribution in [3.8, 4) is 0 Å². The van der Waals surface area contributed by atoms with Crippen molar-refractivity contribution in [3.05, 3.63) is 27.8 Å². The fourth-order valence-corrected chi connectivity index (χ4v) is 2.77. The number of carbonyl (C=O) groups is 3. The smallest absolute Gasteiger partial charge is 0.250 e. The van der Waals surface area contributed by atoms with Crippen LogP contribution in [-0.2, 0) is 9.53 Å². The molecule has 1 aromatic rings. The molecule has 0 aliphatic rings. The SMILES string of the molecule is COCC(=O)Nc1c(C)c(C(C)=O)c(C)c(C(C)=O)c1C. The van der Waals surface area contributed by atoms with E-state index in [0.717, 1.165) is 0 Å². The van der Waals surface area contributed by atoms with Gasteiger partial charge in [-0.25, -0.2) is 0 Å². The third kappa shape index (κ3) is 3.36. The van der Waals surface area contributed by atoms with E-state index in [4.69, 9.17) is 4.74 Å². The fraction of sp³-hybridized carbons (Fsp3) is 0.438. The Labute approximate surface area is 124 Å². The van der Waals surface area contributed by atoms with E-state index in [1.807, 2.05) is 0 Å². The zero-order chi connectivity index (χ0) is 16.3. The standard InChI is InChI=1S/C16H21NO4/c1-8-14(11(4)18)9(2)16(17-13(20)7-21-6)10(3)15(8)12(5)19/h7H2,1-6H3,(H,17,20). The maximum atomic E-state index is 11.9. The molecule has 0 heterocycles. The van der Waals surface area contributed by atoms with E-state index in [-0.39, 0.29) is 24.1 Å². The number of hydrogen-bond donors (Lipinski definition) is 1. The number of rotatable bonds is 5. The molecule has 0 saturated heterocycles. The van der Waals surface area contributed by atoms with Gasteiger partial charge < -0.3 is 10.1 Å². The molecule has 0 unspecified atom stereocenters. The minimum atomic E-state index is -0.323. The maximum Gasteiger partial charge on any atom is 0.250 e. The van der Waals surface area contributed by atoms with Crippen molar-refractivity contribution >= 4 is 23.2 Å². The zero-order valence-corrected chi connectivity index (χ0v) is 13.3. The van der Waals surface area contributed by atoms with Crippen molar-refractivity contribution in [1.82, 2.24) is 0 Å². The van der Waals surface area contributed by atoms with Crippen LogP contribution in [0.5, 0.6) is 0 Å². The number of hydrogen-bond acceptors (Lipinski definition) is 4. The van der Waals surface area contributed by atoms with Crippen LogP contribution in [0.25, 0.3) is 0 Å². The Kier molecular flexibility index (Phi) is 5.38. The number of Topliss-reactive ketones (excluding diaryl/α,β-unsaturated/α-hetero) is 2. The van der Waals surface area contributed by atoms with Gasteiger partial charge in [0.1, 0.15) is 6.61 Å². The summed E-state index contributed by atoms with van der Waals surface area (Å²) in [6.07, 6.45) is 0. The largest absolute Gasteiger partial charge is 0.375 e. The monoisotopic (exact) mass is 291 g/mol. The van der Waals surface area contributed by atoms with E-state index in [0.29, 0.717) is 33.5 Å². The highest BCUT2D eigenvalue weighted by molar-refractivity contribution is 6.07. The van der Waals surface area contributed by atoms with Gasteiger partial charge in [-0.05, 0) is 51.3 Å². The quantitative estimate of drug-likeness (QED) is 0.846. The summed E-state index contributed by atoms with van der Waals surface area (Å²) in [6, 6.07) is 0. The molecule has 0 aromatic heterocycles. The Morgan fingerprint density at radius 3 is 1.67 bits per heavy atom. The fourth-order valence-electron chi connectivity index (χ4n) is 2.77. The molecule has 5 nitrogen and oxygen atoms in total. The van der Waals surface area contributed by atoms with Gasteiger partial charge in [0.15, 0.2) is 11.6 Å². The van der Waals surface area contributed by atoms with Crippen molar-refractivity contribution in [2.45, 2.75) is 34.6 Å². The van der Waals surface area contributed by atoms with Crippen molar-refractivity contribution in [2.75, 3.05) is 19.0 Å². The number of amides is 1. The summed E-state index contributed by atoms with van der Waals surface area (Å²) in [6.45, 7) is 8.11. The average Bonchev–Trinajstić information content (AvgIpc) is 2.33. The molecule has 21 heavy (non-hydrogen) atoms. The summed E-state index contributed by atoms with van der Waals surface area (Å²) < 4.78 is 4.79. The minimum absolute atomic E-state index is 0.0857. The predicted octanol–water partition coefficient (Wildman–Crippen LogP) is 2.60. The second-order valence-corrected chi connectivity index (χ2v) is 5.09. The first-order valence-corrected chi connectivity index (χ1v) is 6.66. The maximum absolute atomic E-state index is 11.9. The number of methoxy groups -OCH3 is 1. The van der Waals surface area contributed by atoms with Crippen molar-refractivity contribution in [1.29, 1.82) is 0 Å². The molecule has 0 radical (unpaired) electrons. The lowest BCUT2D eigenvalue weighted by Crippen LogP contribution is -2.21. The molecule has 1 rings (SSSR count). The van der Waals surface area contributed by atoms with Crippen LogP contribution >= 0.6 is 0 Å². The first kappa shape index (κ1) is 17.0. The molecule has 1 N–H and O–H groups in total. The van der Waals surface area contributed by atoms with Gasteiger partial charge in [0, 0.05) is 23.9 Å². The molecular formula is C16H21NO4. The number of carbonyl (C=O) groups excluding carboxylic acids is 3. The lowest BCUT2D eigenvalue weighted by Gasteiger charge is -2.20. The van der Waals surface area contributed by atoms with Gasteiger partial charge in [-0.3, -0.25) is 14.4 Å². The summed E-state index contributed by atoms with van der Waals surface area (Å²) >= 11 is 0. The lowest BCUT2D eigenvalue weighted by atomic mass is 9.88. The molecule has 1 amide bonds. The number of ether oxygens (including phenoxy) is 1. The molecule has 0 fully saturated rings. The van der Waals surface area contributed by atoms with Crippen LogP contribution in [0.4, 0.5) is 5.69 Å². The van der Waals surface area contributed by atoms with Crippen molar-refractivity contribution < 1.29 is 19.1 Å². The van der Waals surface area contributed by atoms with Crippen LogP contribution < -0.4 is 5.32 Å². The van der Waals surface area contributed by atoms with Gasteiger partial charge in [-0.1, -0.05) is 0 Å². The molecule has 5 heteroatoms. The Morgan fingerprint density at radius 2 is 1.33 bits per heavy atom. The topological polar surface area (TPSA) is 72.5 Å². The first-order valence-electron chi connectivity index (χ1n) is 6.66. The van der Waals surface area contributed by atoms with Crippen LogP contribution in [0.2, 0.25) is 0 Å². The minimum Gasteiger partial charge on any atom is -0.375 e. The highest BCUT2D eigenvalue weighted by Crippen LogP contribution is 2.32. The van der Waals surface area contributed by atoms with Gasteiger partial charge in [0.2, 0.25) is 5.91 Å². The second kappa shape index (κ2) is 6.63. The first-order chi connectivity index (χ1) is 9.72. The third-order valence-corrected chi connectivity index (χ3v) is 3.49. The highest BCUT2D eigenvalue weighted by Gasteiger charge is 2.22. The summed E-state index contributed by atoms with van der Waals surface area (Å²) in [7, 11) is 1.43. The number of anilines is 1. The number of ketones is 2. The lowest BCUT2D eigenvalue weighted by molar-refractivity contribution is -0.119. The van der Waals surface area contributed by atoms with E-state index in [1.165, 1.54) is 21.0 Å². The Morgan fingerprint density at radius 1 is 0.905 bits per heavy atom. The second-order valence-electron chi connectivity index (χ2n) is 5.09. The van der Waals surface area contributed by atoms with E-state index in [9.17, 15) is 14.4 Å². The molecule has 0 atom stereocenters. The van der Waals surface area contributed by atoms with Crippen LogP contribution in [-0.4, -0.2) is 31.2 Å². The van der Waals surface area contributed by atoms with Gasteiger partial charge in [0.25, 0.3) is 0 Å². The predicted molar refractivity (Wildman–Crippen MR) is 81.2 cm³/mol. The summed E-state index contributed by atoms with van der Waals surface area (Å²) in [4.78, 5) is 35.5. The van der Waals surface area contributed by atoms with Crippen molar-refractivity contribution in [3.63, 3.8) is 0 Å². The molecule has 0 bridgehead atoms. The summed E-state index contributed by atoms with van der Waals surface area (Å²) in [5.74, 6) is -0.582. The Bertz CT molecular complexity index is 576. The molecule has 0 spiro atoms. The van der Waals surface area contributed by atoms with Crippen LogP contribution in [0, 0.1) is 20.8 Å². The summed E-state index contributed by atoms with van der Waals surface area (Å²) in [5.41, 5.74) is 3.49. The molecule has 0 aliphatic heterocycles. The summed E-state index contributed by atoms with van der Waals surface area (Å²) in [5, 5.41) is 2.73. The van der Waals surface area contributed by atoms with Crippen LogP contribution in [0.15, 0.2) is 0 Å². The van der Waals surface area contributed by atoms with E-state index in [2.05, 4.69) is 5.32 Å². The highest BCUT2D eigenvalue weighted by atomic mass is 16.5. The van der Waals surface area contributed by atoms with Crippen LogP contribution in [0.1, 0.15) is 51.3 Å². The van der Waals surface area contributed by atoms with E-state index in [1.54, 1.807) is 20.8 Å². The van der Waals surface area contributed by atoms with E-state index < -0.39 is 0 Å². The normalized spacial score (nSPS) is 10.4. The number of benzene rings is 1. The average molecular weight is 291 g/mol. The third-order valence-electron chi connectivity index (χ3n) is 3.49. The van der Waals surface area contributed by atoms with Crippen LogP contribution in [0.3, 0.4) is 0 Å². The van der Waals surface area contributed by atoms with E-state index >= 15 is 0 Å². The van der Waals surface area contributed by atoms with Gasteiger partial charge >= 0.3 is 0 Å². The molecular weight excluding hydrogens is 270 g/mol. The molecule has 1 aromatic carbocycles.